The Balaban J connectivity index is 2.46. The van der Waals surface area contributed by atoms with E-state index in [-0.39, 0.29) is 6.61 Å². The number of methoxy groups -OCH3 is 2. The molecule has 17 heavy (non-hydrogen) atoms. The largest absolute Gasteiger partial charge is 0.493 e. The fourth-order valence-electron chi connectivity index (χ4n) is 1.59. The second kappa shape index (κ2) is 4.88. The minimum absolute atomic E-state index is 0.118. The predicted octanol–water partition coefficient (Wildman–Crippen LogP) is 1.85. The first-order valence-corrected chi connectivity index (χ1v) is 5.07. The molecule has 0 atom stereocenters. The summed E-state index contributed by atoms with van der Waals surface area (Å²) in [6, 6.07) is 5.37. The summed E-state index contributed by atoms with van der Waals surface area (Å²) in [7, 11) is 3.14. The van der Waals surface area contributed by atoms with Crippen molar-refractivity contribution in [3.8, 4) is 22.8 Å². The molecule has 0 saturated carbocycles. The van der Waals surface area contributed by atoms with E-state index in [4.69, 9.17) is 19.1 Å². The van der Waals surface area contributed by atoms with Crippen LogP contribution in [0.15, 0.2) is 28.9 Å². The highest BCUT2D eigenvalue weighted by Crippen LogP contribution is 2.33. The Hall–Kier alpha value is -2.01. The summed E-state index contributed by atoms with van der Waals surface area (Å²) in [5.74, 6) is 1.78. The molecule has 0 unspecified atom stereocenters. The van der Waals surface area contributed by atoms with Crippen LogP contribution in [0.3, 0.4) is 0 Å². The first-order chi connectivity index (χ1) is 8.30. The van der Waals surface area contributed by atoms with E-state index in [2.05, 4.69) is 5.16 Å². The van der Waals surface area contributed by atoms with Crippen LogP contribution in [0, 0.1) is 0 Å². The van der Waals surface area contributed by atoms with E-state index in [1.165, 1.54) is 6.20 Å². The molecule has 0 amide bonds. The lowest BCUT2D eigenvalue weighted by molar-refractivity contribution is 0.281. The number of nitrogens with zero attached hydrogens (tertiary/aromatic N) is 1. The van der Waals surface area contributed by atoms with Crippen molar-refractivity contribution in [1.29, 1.82) is 0 Å². The lowest BCUT2D eigenvalue weighted by Gasteiger charge is -2.08. The maximum Gasteiger partial charge on any atom is 0.172 e. The van der Waals surface area contributed by atoms with Crippen LogP contribution in [0.5, 0.6) is 11.5 Å². The normalized spacial score (nSPS) is 10.3. The molecule has 2 aromatic rings. The molecule has 5 nitrogen and oxygen atoms in total. The van der Waals surface area contributed by atoms with Crippen molar-refractivity contribution >= 4 is 0 Å². The molecular weight excluding hydrogens is 222 g/mol. The number of ether oxygens (including phenoxy) is 2. The lowest BCUT2D eigenvalue weighted by atomic mass is 10.1. The van der Waals surface area contributed by atoms with Crippen molar-refractivity contribution in [2.24, 2.45) is 0 Å². The molecule has 90 valence electrons. The Morgan fingerprint density at radius 2 is 2.00 bits per heavy atom. The highest BCUT2D eigenvalue weighted by atomic mass is 16.5. The van der Waals surface area contributed by atoms with Gasteiger partial charge in [0, 0.05) is 11.1 Å². The summed E-state index contributed by atoms with van der Waals surface area (Å²) >= 11 is 0. The number of aromatic nitrogens is 1. The minimum Gasteiger partial charge on any atom is -0.493 e. The van der Waals surface area contributed by atoms with Gasteiger partial charge in [-0.25, -0.2) is 0 Å². The summed E-state index contributed by atoms with van der Waals surface area (Å²) in [5, 5.41) is 12.8. The van der Waals surface area contributed by atoms with Crippen LogP contribution in [-0.4, -0.2) is 24.5 Å². The topological polar surface area (TPSA) is 64.7 Å². The Kier molecular flexibility index (Phi) is 3.30. The standard InChI is InChI=1S/C12H13NO4/c1-15-10-4-3-8(5-11(10)16-2)12-9(7-14)6-13-17-12/h3-6,14H,7H2,1-2H3. The monoisotopic (exact) mass is 235 g/mol. The van der Waals surface area contributed by atoms with Gasteiger partial charge in [0.2, 0.25) is 0 Å². The Labute approximate surface area is 98.6 Å². The maximum absolute atomic E-state index is 9.14. The van der Waals surface area contributed by atoms with Crippen molar-refractivity contribution < 1.29 is 19.1 Å². The zero-order valence-electron chi connectivity index (χ0n) is 9.64. The summed E-state index contributed by atoms with van der Waals surface area (Å²) in [4.78, 5) is 0. The molecule has 0 aliphatic carbocycles. The first kappa shape index (κ1) is 11.5. The molecule has 0 aliphatic rings. The van der Waals surface area contributed by atoms with Gasteiger partial charge in [0.25, 0.3) is 0 Å². The van der Waals surface area contributed by atoms with Gasteiger partial charge in [-0.3, -0.25) is 0 Å². The van der Waals surface area contributed by atoms with Crippen LogP contribution in [0.2, 0.25) is 0 Å². The average molecular weight is 235 g/mol. The molecule has 0 aliphatic heterocycles. The van der Waals surface area contributed by atoms with E-state index in [0.717, 1.165) is 5.56 Å². The molecule has 0 fully saturated rings. The molecule has 1 heterocycles. The summed E-state index contributed by atoms with van der Waals surface area (Å²) in [6.07, 6.45) is 1.49. The van der Waals surface area contributed by atoms with E-state index >= 15 is 0 Å². The molecule has 1 aromatic carbocycles. The Morgan fingerprint density at radius 3 is 2.65 bits per heavy atom. The zero-order valence-corrected chi connectivity index (χ0v) is 9.64. The van der Waals surface area contributed by atoms with Crippen molar-refractivity contribution in [2.75, 3.05) is 14.2 Å². The van der Waals surface area contributed by atoms with Crippen molar-refractivity contribution in [3.63, 3.8) is 0 Å². The molecule has 1 N–H and O–H groups in total. The average Bonchev–Trinajstić information content (AvgIpc) is 2.86. The Bertz CT molecular complexity index is 507. The quantitative estimate of drug-likeness (QED) is 0.876. The molecule has 0 radical (unpaired) electrons. The number of rotatable bonds is 4. The van der Waals surface area contributed by atoms with Gasteiger partial charge in [0.1, 0.15) is 0 Å². The van der Waals surface area contributed by atoms with E-state index in [1.54, 1.807) is 26.4 Å². The van der Waals surface area contributed by atoms with Gasteiger partial charge >= 0.3 is 0 Å². The van der Waals surface area contributed by atoms with Crippen molar-refractivity contribution in [3.05, 3.63) is 30.0 Å². The SMILES string of the molecule is COc1ccc(-c2oncc2CO)cc1OC. The molecular formula is C12H13NO4. The van der Waals surface area contributed by atoms with Gasteiger partial charge in [0.15, 0.2) is 17.3 Å². The van der Waals surface area contributed by atoms with Crippen molar-refractivity contribution in [1.82, 2.24) is 5.16 Å². The van der Waals surface area contributed by atoms with E-state index in [0.29, 0.717) is 22.8 Å². The maximum atomic E-state index is 9.14. The fourth-order valence-corrected chi connectivity index (χ4v) is 1.59. The Morgan fingerprint density at radius 1 is 1.24 bits per heavy atom. The second-order valence-electron chi connectivity index (χ2n) is 3.41. The third-order valence-electron chi connectivity index (χ3n) is 2.46. The fraction of sp³-hybridized carbons (Fsp3) is 0.250. The number of aliphatic hydroxyl groups excluding tert-OH is 1. The van der Waals surface area contributed by atoms with Gasteiger partial charge in [-0.05, 0) is 18.2 Å². The first-order valence-electron chi connectivity index (χ1n) is 5.07. The van der Waals surface area contributed by atoms with E-state index in [1.807, 2.05) is 6.07 Å². The third-order valence-corrected chi connectivity index (χ3v) is 2.46. The highest BCUT2D eigenvalue weighted by molar-refractivity contribution is 5.65. The van der Waals surface area contributed by atoms with Gasteiger partial charge in [-0.1, -0.05) is 5.16 Å². The molecule has 1 aromatic heterocycles. The summed E-state index contributed by atoms with van der Waals surface area (Å²) in [6.45, 7) is -0.118. The number of hydrogen-bond acceptors (Lipinski definition) is 5. The molecule has 5 heteroatoms. The molecule has 0 spiro atoms. The molecule has 0 saturated heterocycles. The molecule has 0 bridgehead atoms. The van der Waals surface area contributed by atoms with Gasteiger partial charge in [0.05, 0.1) is 27.0 Å². The number of benzene rings is 1. The van der Waals surface area contributed by atoms with E-state index in [9.17, 15) is 0 Å². The number of hydrogen-bond donors (Lipinski definition) is 1. The van der Waals surface area contributed by atoms with Crippen LogP contribution < -0.4 is 9.47 Å². The second-order valence-corrected chi connectivity index (χ2v) is 3.41. The van der Waals surface area contributed by atoms with E-state index < -0.39 is 0 Å². The van der Waals surface area contributed by atoms with Crippen LogP contribution >= 0.6 is 0 Å². The summed E-state index contributed by atoms with van der Waals surface area (Å²) < 4.78 is 15.5. The van der Waals surface area contributed by atoms with Gasteiger partial charge < -0.3 is 19.1 Å². The van der Waals surface area contributed by atoms with Crippen LogP contribution in [0.25, 0.3) is 11.3 Å². The van der Waals surface area contributed by atoms with Crippen molar-refractivity contribution in [2.45, 2.75) is 6.61 Å². The van der Waals surface area contributed by atoms with Crippen LogP contribution in [0.4, 0.5) is 0 Å². The third kappa shape index (κ3) is 2.09. The number of aliphatic hydroxyl groups is 1. The van der Waals surface area contributed by atoms with Gasteiger partial charge in [-0.2, -0.15) is 0 Å². The zero-order chi connectivity index (χ0) is 12.3. The highest BCUT2D eigenvalue weighted by Gasteiger charge is 2.12. The smallest absolute Gasteiger partial charge is 0.172 e. The predicted molar refractivity (Wildman–Crippen MR) is 61.0 cm³/mol. The van der Waals surface area contributed by atoms with Crippen LogP contribution in [-0.2, 0) is 6.61 Å². The summed E-state index contributed by atoms with van der Waals surface area (Å²) in [5.41, 5.74) is 1.42. The van der Waals surface area contributed by atoms with Gasteiger partial charge in [-0.15, -0.1) is 0 Å². The van der Waals surface area contributed by atoms with Crippen LogP contribution in [0.1, 0.15) is 5.56 Å². The lowest BCUT2D eigenvalue weighted by Crippen LogP contribution is -1.91. The minimum atomic E-state index is -0.118. The molecule has 2 rings (SSSR count).